The number of hydrogen-bond acceptors (Lipinski definition) is 1. The van der Waals surface area contributed by atoms with Gasteiger partial charge in [0.2, 0.25) is 0 Å². The van der Waals surface area contributed by atoms with Crippen molar-refractivity contribution >= 4 is 0 Å². The Hall–Kier alpha value is -0.760. The van der Waals surface area contributed by atoms with Gasteiger partial charge in [-0.25, -0.2) is 0 Å². The van der Waals surface area contributed by atoms with Gasteiger partial charge in [0.05, 0.1) is 0 Å². The smallest absolute Gasteiger partial charge is 0.0428 e. The van der Waals surface area contributed by atoms with Crippen molar-refractivity contribution in [1.82, 2.24) is 9.88 Å². The van der Waals surface area contributed by atoms with E-state index in [4.69, 9.17) is 1.37 Å². The highest BCUT2D eigenvalue weighted by Gasteiger charge is 2.21. The van der Waals surface area contributed by atoms with Gasteiger partial charge in [0, 0.05) is 19.8 Å². The van der Waals surface area contributed by atoms with Gasteiger partial charge in [0.15, 0.2) is 0 Å². The minimum Gasteiger partial charge on any atom is -0.367 e. The topological polar surface area (TPSA) is 19.0 Å². The van der Waals surface area contributed by atoms with E-state index < -0.39 is 0 Å². The molecule has 1 aliphatic rings. The molecule has 72 valence electrons. The van der Waals surface area contributed by atoms with Crippen LogP contribution in [-0.4, -0.2) is 29.5 Å². The molecule has 0 radical (unpaired) electrons. The lowest BCUT2D eigenvalue weighted by Gasteiger charge is -2.30. The lowest BCUT2D eigenvalue weighted by atomic mass is 9.91. The summed E-state index contributed by atoms with van der Waals surface area (Å²) < 4.78 is 7.69. The van der Waals surface area contributed by atoms with Gasteiger partial charge in [-0.3, -0.25) is 0 Å². The first-order chi connectivity index (χ1) is 6.68. The van der Waals surface area contributed by atoms with E-state index in [9.17, 15) is 0 Å². The molecule has 0 saturated heterocycles. The Bertz CT molecular complexity index is 306. The molecule has 0 saturated carbocycles. The lowest BCUT2D eigenvalue weighted by Crippen LogP contribution is -2.35. The fraction of sp³-hybridized carbons (Fsp3) is 0.636. The molecule has 0 fully saturated rings. The Labute approximate surface area is 81.4 Å². The first kappa shape index (κ1) is 7.63. The van der Waals surface area contributed by atoms with Crippen molar-refractivity contribution in [3.05, 3.63) is 23.5 Å². The molecule has 2 heteroatoms. The molecule has 13 heavy (non-hydrogen) atoms. The molecule has 0 aromatic carbocycles. The van der Waals surface area contributed by atoms with E-state index in [-0.39, 0.29) is 6.52 Å². The van der Waals surface area contributed by atoms with Gasteiger partial charge in [-0.05, 0) is 44.0 Å². The fourth-order valence-electron chi connectivity index (χ4n) is 2.09. The average molecular weight is 179 g/mol. The largest absolute Gasteiger partial charge is 0.367 e. The Morgan fingerprint density at radius 2 is 2.38 bits per heavy atom. The summed E-state index contributed by atoms with van der Waals surface area (Å²) in [5.41, 5.74) is 2.90. The molecule has 2 rings (SSSR count). The van der Waals surface area contributed by atoms with Gasteiger partial charge < -0.3 is 9.88 Å². The molecular formula is C11H18N2. The highest BCUT2D eigenvalue weighted by molar-refractivity contribution is 5.27. The predicted molar refractivity (Wildman–Crippen MR) is 54.9 cm³/mol. The van der Waals surface area contributed by atoms with E-state index in [0.717, 1.165) is 12.8 Å². The molecule has 1 heterocycles. The third-order valence-electron chi connectivity index (χ3n) is 3.11. The van der Waals surface area contributed by atoms with Crippen LogP contribution >= 0.6 is 0 Å². The molecule has 1 aromatic heterocycles. The van der Waals surface area contributed by atoms with Gasteiger partial charge in [0.1, 0.15) is 0 Å². The Morgan fingerprint density at radius 1 is 1.62 bits per heavy atom. The summed E-state index contributed by atoms with van der Waals surface area (Å²) in [6.07, 6.45) is 7.64. The van der Waals surface area contributed by atoms with Gasteiger partial charge in [0.25, 0.3) is 0 Å². The van der Waals surface area contributed by atoms with Crippen molar-refractivity contribution in [1.29, 1.82) is 0 Å². The minimum atomic E-state index is -0.0968. The van der Waals surface area contributed by atoms with Crippen LogP contribution in [0.5, 0.6) is 0 Å². The highest BCUT2D eigenvalue weighted by Crippen LogP contribution is 2.23. The van der Waals surface area contributed by atoms with Crippen LogP contribution < -0.4 is 0 Å². The zero-order valence-corrected chi connectivity index (χ0v) is 8.38. The molecule has 0 bridgehead atoms. The Kier molecular flexibility index (Phi) is 2.08. The van der Waals surface area contributed by atoms with E-state index in [2.05, 4.69) is 29.3 Å². The van der Waals surface area contributed by atoms with Gasteiger partial charge in [-0.15, -0.1) is 0 Å². The number of aromatic nitrogens is 1. The molecule has 2 unspecified atom stereocenters. The summed E-state index contributed by atoms with van der Waals surface area (Å²) in [5, 5.41) is 0. The van der Waals surface area contributed by atoms with Crippen LogP contribution in [0.1, 0.15) is 25.8 Å². The van der Waals surface area contributed by atoms with E-state index in [0.29, 0.717) is 6.04 Å². The van der Waals surface area contributed by atoms with Gasteiger partial charge >= 0.3 is 0 Å². The van der Waals surface area contributed by atoms with Crippen molar-refractivity contribution in [2.75, 3.05) is 13.6 Å². The van der Waals surface area contributed by atoms with Gasteiger partial charge in [-0.2, -0.15) is 0 Å². The minimum absolute atomic E-state index is 0.0968. The second-order valence-corrected chi connectivity index (χ2v) is 3.83. The summed E-state index contributed by atoms with van der Waals surface area (Å²) in [7, 11) is 2.06. The molecule has 0 spiro atoms. The number of likely N-dealkylation sites (N-methyl/N-ethyl adjacent to an activating group) is 1. The number of aryl methyl sites for hydroxylation is 1. The number of aromatic amines is 1. The molecule has 1 aromatic rings. The molecule has 0 amide bonds. The van der Waals surface area contributed by atoms with Crippen molar-refractivity contribution in [2.24, 2.45) is 0 Å². The monoisotopic (exact) mass is 179 g/mol. The standard InChI is InChI=1S/C11H18N2/c1-3-13(2)11-5-4-9-7-12-8-10(9)6-11/h7-8,11-12H,3-6H2,1-2H3/i3D. The van der Waals surface area contributed by atoms with Crippen LogP contribution in [0.2, 0.25) is 0 Å². The first-order valence-corrected chi connectivity index (χ1v) is 4.97. The molecule has 2 nitrogen and oxygen atoms in total. The zero-order chi connectivity index (χ0) is 10.1. The van der Waals surface area contributed by atoms with E-state index >= 15 is 0 Å². The van der Waals surface area contributed by atoms with Crippen LogP contribution in [0, 0.1) is 0 Å². The third kappa shape index (κ3) is 1.63. The maximum absolute atomic E-state index is 7.69. The average Bonchev–Trinajstić information content (AvgIpc) is 2.62. The van der Waals surface area contributed by atoms with Gasteiger partial charge in [-0.1, -0.05) is 6.92 Å². The maximum Gasteiger partial charge on any atom is 0.0428 e. The molecule has 0 aliphatic heterocycles. The number of rotatable bonds is 2. The quantitative estimate of drug-likeness (QED) is 0.733. The van der Waals surface area contributed by atoms with Crippen LogP contribution in [0.25, 0.3) is 0 Å². The summed E-state index contributed by atoms with van der Waals surface area (Å²) in [6.45, 7) is 1.84. The molecule has 1 N–H and O–H groups in total. The van der Waals surface area contributed by atoms with Crippen LogP contribution in [0.4, 0.5) is 0 Å². The molecule has 2 atom stereocenters. The third-order valence-corrected chi connectivity index (χ3v) is 3.11. The summed E-state index contributed by atoms with van der Waals surface area (Å²) in [5.74, 6) is 0. The number of hydrogen-bond donors (Lipinski definition) is 1. The second-order valence-electron chi connectivity index (χ2n) is 3.83. The number of H-pyrrole nitrogens is 1. The van der Waals surface area contributed by atoms with Crippen LogP contribution in [-0.2, 0) is 12.8 Å². The molecular weight excluding hydrogens is 160 g/mol. The van der Waals surface area contributed by atoms with Crippen LogP contribution in [0.15, 0.2) is 12.4 Å². The SMILES string of the molecule is [2H]C(C)N(C)C1CCc2c[nH]cc2C1. The predicted octanol–water partition coefficient (Wildman–Crippen LogP) is 1.82. The normalized spacial score (nSPS) is 25.5. The molecule has 1 aliphatic carbocycles. The van der Waals surface area contributed by atoms with E-state index in [1.807, 2.05) is 6.92 Å². The summed E-state index contributed by atoms with van der Waals surface area (Å²) >= 11 is 0. The summed E-state index contributed by atoms with van der Waals surface area (Å²) in [6, 6.07) is 0.547. The fourth-order valence-corrected chi connectivity index (χ4v) is 2.09. The van der Waals surface area contributed by atoms with E-state index in [1.165, 1.54) is 17.5 Å². The van der Waals surface area contributed by atoms with Crippen molar-refractivity contribution in [3.63, 3.8) is 0 Å². The van der Waals surface area contributed by atoms with Crippen molar-refractivity contribution in [2.45, 2.75) is 32.2 Å². The first-order valence-electron chi connectivity index (χ1n) is 5.55. The Balaban J connectivity index is 2.07. The summed E-state index contributed by atoms with van der Waals surface area (Å²) in [4.78, 5) is 5.33. The zero-order valence-electron chi connectivity index (χ0n) is 9.38. The Morgan fingerprint density at radius 3 is 3.15 bits per heavy atom. The highest BCUT2D eigenvalue weighted by atomic mass is 15.1. The van der Waals surface area contributed by atoms with Crippen LogP contribution in [0.3, 0.4) is 0 Å². The lowest BCUT2D eigenvalue weighted by molar-refractivity contribution is 0.233. The van der Waals surface area contributed by atoms with E-state index in [1.54, 1.807) is 0 Å². The van der Waals surface area contributed by atoms with Crippen molar-refractivity contribution < 1.29 is 1.37 Å². The second kappa shape index (κ2) is 3.54. The number of nitrogens with one attached hydrogen (secondary N) is 1. The van der Waals surface area contributed by atoms with Crippen molar-refractivity contribution in [3.8, 4) is 0 Å². The number of fused-ring (bicyclic) bond motifs is 1. The maximum atomic E-state index is 7.69. The number of nitrogens with zero attached hydrogens (tertiary/aromatic N) is 1.